The van der Waals surface area contributed by atoms with Crippen LogP contribution in [-0.2, 0) is 4.79 Å². The predicted molar refractivity (Wildman–Crippen MR) is 108 cm³/mol. The molecule has 2 aromatic rings. The number of halogens is 4. The Hall–Kier alpha value is -2.12. The van der Waals surface area contributed by atoms with Crippen LogP contribution < -0.4 is 4.90 Å². The molecule has 0 aliphatic rings. The van der Waals surface area contributed by atoms with Crippen LogP contribution in [0.3, 0.4) is 0 Å². The molecule has 2 rings (SSSR count). The summed E-state index contributed by atoms with van der Waals surface area (Å²) in [5.41, 5.74) is 1.03. The van der Waals surface area contributed by atoms with E-state index in [1.807, 2.05) is 0 Å². The molecule has 29 heavy (non-hydrogen) atoms. The summed E-state index contributed by atoms with van der Waals surface area (Å²) in [4.78, 5) is 22.5. The quantitative estimate of drug-likeness (QED) is 0.328. The van der Waals surface area contributed by atoms with E-state index < -0.39 is 24.3 Å². The Bertz CT molecular complexity index is 892. The molecule has 0 fully saturated rings. The Morgan fingerprint density at radius 3 is 2.76 bits per heavy atom. The number of anilines is 1. The second-order valence-electron chi connectivity index (χ2n) is 6.27. The van der Waals surface area contributed by atoms with Crippen molar-refractivity contribution in [2.45, 2.75) is 26.4 Å². The highest BCUT2D eigenvalue weighted by molar-refractivity contribution is 7.99. The minimum absolute atomic E-state index is 0.000263. The number of thiazole rings is 1. The molecule has 0 aromatic carbocycles. The van der Waals surface area contributed by atoms with Gasteiger partial charge >= 0.3 is 6.18 Å². The van der Waals surface area contributed by atoms with Crippen LogP contribution in [0.4, 0.5) is 22.6 Å². The fourth-order valence-electron chi connectivity index (χ4n) is 2.42. The Morgan fingerprint density at radius 2 is 2.14 bits per heavy atom. The van der Waals surface area contributed by atoms with Gasteiger partial charge in [-0.2, -0.15) is 24.9 Å². The second kappa shape index (κ2) is 10.1. The molecule has 0 aliphatic heterocycles. The van der Waals surface area contributed by atoms with Gasteiger partial charge in [0.2, 0.25) is 5.91 Å². The number of amides is 1. The standard InChI is InChI=1S/C19H19F4N3OS2/c1-4-6-26(17(27)12(2)11-28-7-5-19(21,22)23)18-13(3)25-16(29-18)14-8-15(20)10-24-9-14/h1,8-10,12H,5-7,11H2,2-3H3. The molecule has 4 nitrogen and oxygen atoms in total. The van der Waals surface area contributed by atoms with Crippen molar-refractivity contribution in [3.05, 3.63) is 30.0 Å². The first-order valence-corrected chi connectivity index (χ1v) is 10.6. The molecule has 2 heterocycles. The number of thioether (sulfide) groups is 1. The maximum Gasteiger partial charge on any atom is 0.389 e. The molecule has 2 aromatic heterocycles. The van der Waals surface area contributed by atoms with E-state index in [0.717, 1.165) is 18.0 Å². The molecule has 0 bridgehead atoms. The third-order valence-corrected chi connectivity index (χ3v) is 6.26. The van der Waals surface area contributed by atoms with Crippen LogP contribution in [0.5, 0.6) is 0 Å². The maximum absolute atomic E-state index is 13.4. The van der Waals surface area contributed by atoms with Crippen molar-refractivity contribution in [1.29, 1.82) is 0 Å². The third kappa shape index (κ3) is 6.72. The summed E-state index contributed by atoms with van der Waals surface area (Å²) in [7, 11) is 0. The molecule has 1 atom stereocenters. The van der Waals surface area contributed by atoms with Crippen LogP contribution in [0.1, 0.15) is 19.0 Å². The van der Waals surface area contributed by atoms with E-state index >= 15 is 0 Å². The summed E-state index contributed by atoms with van der Waals surface area (Å²) >= 11 is 2.26. The summed E-state index contributed by atoms with van der Waals surface area (Å²) < 4.78 is 50.2. The van der Waals surface area contributed by atoms with Gasteiger partial charge in [-0.3, -0.25) is 14.7 Å². The monoisotopic (exact) mass is 445 g/mol. The molecule has 0 aliphatic carbocycles. The summed E-state index contributed by atoms with van der Waals surface area (Å²) in [5.74, 6) is 1.25. The Labute approximate surface area is 174 Å². The molecular weight excluding hydrogens is 426 g/mol. The lowest BCUT2D eigenvalue weighted by Gasteiger charge is -2.23. The highest BCUT2D eigenvalue weighted by Crippen LogP contribution is 2.35. The number of aromatic nitrogens is 2. The Morgan fingerprint density at radius 1 is 1.41 bits per heavy atom. The Balaban J connectivity index is 2.14. The highest BCUT2D eigenvalue weighted by Gasteiger charge is 2.28. The summed E-state index contributed by atoms with van der Waals surface area (Å²) in [5, 5.41) is 1.02. The largest absolute Gasteiger partial charge is 0.389 e. The summed E-state index contributed by atoms with van der Waals surface area (Å²) in [6, 6.07) is 1.29. The topological polar surface area (TPSA) is 46.1 Å². The first kappa shape index (κ1) is 23.2. The van der Waals surface area contributed by atoms with Gasteiger partial charge in [0, 0.05) is 29.2 Å². The summed E-state index contributed by atoms with van der Waals surface area (Å²) in [6.07, 6.45) is 2.86. The number of pyridine rings is 1. The molecule has 0 saturated carbocycles. The van der Waals surface area contributed by atoms with E-state index in [4.69, 9.17) is 6.42 Å². The van der Waals surface area contributed by atoms with Crippen LogP contribution in [0.15, 0.2) is 18.5 Å². The van der Waals surface area contributed by atoms with Gasteiger partial charge in [-0.1, -0.05) is 24.2 Å². The molecule has 0 spiro atoms. The van der Waals surface area contributed by atoms with Crippen molar-refractivity contribution in [3.63, 3.8) is 0 Å². The summed E-state index contributed by atoms with van der Waals surface area (Å²) in [6.45, 7) is 3.36. The number of carbonyl (C=O) groups is 1. The van der Waals surface area contributed by atoms with E-state index in [1.54, 1.807) is 13.8 Å². The Kier molecular flexibility index (Phi) is 8.05. The minimum Gasteiger partial charge on any atom is -0.290 e. The van der Waals surface area contributed by atoms with Gasteiger partial charge in [-0.25, -0.2) is 9.37 Å². The smallest absolute Gasteiger partial charge is 0.290 e. The van der Waals surface area contributed by atoms with Crippen molar-refractivity contribution in [2.75, 3.05) is 23.0 Å². The van der Waals surface area contributed by atoms with Crippen LogP contribution in [-0.4, -0.2) is 40.1 Å². The van der Waals surface area contributed by atoms with Crippen molar-refractivity contribution in [1.82, 2.24) is 9.97 Å². The zero-order valence-electron chi connectivity index (χ0n) is 15.8. The predicted octanol–water partition coefficient (Wildman–Crippen LogP) is 4.94. The van der Waals surface area contributed by atoms with Gasteiger partial charge in [0.1, 0.15) is 15.8 Å². The molecule has 0 N–H and O–H groups in total. The van der Waals surface area contributed by atoms with E-state index in [1.165, 1.54) is 28.5 Å². The van der Waals surface area contributed by atoms with Crippen molar-refractivity contribution in [3.8, 4) is 22.9 Å². The minimum atomic E-state index is -4.21. The van der Waals surface area contributed by atoms with Gasteiger partial charge in [0.05, 0.1) is 24.9 Å². The van der Waals surface area contributed by atoms with E-state index in [2.05, 4.69) is 15.9 Å². The van der Waals surface area contributed by atoms with Crippen LogP contribution in [0, 0.1) is 31.0 Å². The molecular formula is C19H19F4N3OS2. The number of hydrogen-bond donors (Lipinski definition) is 0. The average Bonchev–Trinajstić information content (AvgIpc) is 3.03. The molecule has 1 amide bonds. The van der Waals surface area contributed by atoms with E-state index in [9.17, 15) is 22.4 Å². The lowest BCUT2D eigenvalue weighted by molar-refractivity contribution is -0.129. The first-order valence-electron chi connectivity index (χ1n) is 8.60. The zero-order valence-corrected chi connectivity index (χ0v) is 17.4. The normalized spacial score (nSPS) is 12.4. The lowest BCUT2D eigenvalue weighted by Crippen LogP contribution is -2.36. The number of aryl methyl sites for hydroxylation is 1. The maximum atomic E-state index is 13.4. The van der Waals surface area contributed by atoms with Crippen LogP contribution in [0.2, 0.25) is 0 Å². The van der Waals surface area contributed by atoms with Crippen molar-refractivity contribution >= 4 is 34.0 Å². The second-order valence-corrected chi connectivity index (χ2v) is 8.40. The van der Waals surface area contributed by atoms with Gasteiger partial charge in [-0.05, 0) is 13.0 Å². The van der Waals surface area contributed by atoms with Crippen molar-refractivity contribution < 1.29 is 22.4 Å². The SMILES string of the molecule is C#CCN(C(=O)C(C)CSCCC(F)(F)F)c1sc(-c2cncc(F)c2)nc1C. The van der Waals surface area contributed by atoms with Gasteiger partial charge in [-0.15, -0.1) is 6.42 Å². The molecule has 0 saturated heterocycles. The number of hydrogen-bond acceptors (Lipinski definition) is 5. The molecule has 10 heteroatoms. The number of terminal acetylenes is 1. The fourth-order valence-corrected chi connectivity index (χ4v) is 4.51. The fraction of sp³-hybridized carbons (Fsp3) is 0.421. The number of nitrogens with zero attached hydrogens (tertiary/aromatic N) is 3. The highest BCUT2D eigenvalue weighted by atomic mass is 32.2. The first-order chi connectivity index (χ1) is 13.6. The molecule has 0 radical (unpaired) electrons. The van der Waals surface area contributed by atoms with Crippen molar-refractivity contribution in [2.24, 2.45) is 5.92 Å². The number of carbonyl (C=O) groups excluding carboxylic acids is 1. The lowest BCUT2D eigenvalue weighted by atomic mass is 10.2. The average molecular weight is 446 g/mol. The number of rotatable bonds is 8. The van der Waals surface area contributed by atoms with Crippen LogP contribution >= 0.6 is 23.1 Å². The van der Waals surface area contributed by atoms with Gasteiger partial charge in [0.25, 0.3) is 0 Å². The van der Waals surface area contributed by atoms with E-state index in [0.29, 0.717) is 21.3 Å². The third-order valence-electron chi connectivity index (χ3n) is 3.80. The number of alkyl halides is 3. The van der Waals surface area contributed by atoms with Gasteiger partial charge < -0.3 is 0 Å². The molecule has 156 valence electrons. The van der Waals surface area contributed by atoms with Crippen LogP contribution in [0.25, 0.3) is 10.6 Å². The zero-order chi connectivity index (χ0) is 21.6. The van der Waals surface area contributed by atoms with Gasteiger partial charge in [0.15, 0.2) is 0 Å². The molecule has 1 unspecified atom stereocenters. The van der Waals surface area contributed by atoms with E-state index in [-0.39, 0.29) is 24.0 Å².